The van der Waals surface area contributed by atoms with Gasteiger partial charge in [0.2, 0.25) is 5.91 Å². The lowest BCUT2D eigenvalue weighted by molar-refractivity contribution is -0.128. The smallest absolute Gasteiger partial charge is 0.222 e. The molecule has 1 fully saturated rings. The minimum Gasteiger partial charge on any atom is -0.389 e. The van der Waals surface area contributed by atoms with Gasteiger partial charge in [-0.1, -0.05) is 19.1 Å². The molecule has 0 radical (unpaired) electrons. The van der Waals surface area contributed by atoms with E-state index in [2.05, 4.69) is 36.1 Å². The SMILES string of the molecule is CC1CCN(CC(O)CN2CCCC2=O)c2ccccc2S1. The third kappa shape index (κ3) is 3.58. The Bertz CT molecular complexity index is 537. The number of hydrogen-bond donors (Lipinski definition) is 1. The molecule has 2 unspecified atom stereocenters. The molecule has 2 heterocycles. The number of carbonyl (C=O) groups is 1. The third-order valence-corrected chi connectivity index (χ3v) is 5.61. The van der Waals surface area contributed by atoms with Crippen molar-refractivity contribution in [3.05, 3.63) is 24.3 Å². The van der Waals surface area contributed by atoms with Gasteiger partial charge in [-0.15, -0.1) is 11.8 Å². The number of benzene rings is 1. The minimum absolute atomic E-state index is 0.180. The van der Waals surface area contributed by atoms with E-state index in [1.807, 2.05) is 11.8 Å². The molecule has 1 N–H and O–H groups in total. The van der Waals surface area contributed by atoms with Crippen molar-refractivity contribution in [1.29, 1.82) is 0 Å². The first-order valence-electron chi connectivity index (χ1n) is 8.10. The fourth-order valence-corrected chi connectivity index (χ4v) is 4.34. The van der Waals surface area contributed by atoms with Crippen LogP contribution in [0.15, 0.2) is 29.2 Å². The number of anilines is 1. The van der Waals surface area contributed by atoms with E-state index in [9.17, 15) is 9.90 Å². The van der Waals surface area contributed by atoms with Gasteiger partial charge in [-0.25, -0.2) is 0 Å². The van der Waals surface area contributed by atoms with Crippen LogP contribution in [0.5, 0.6) is 0 Å². The fourth-order valence-electron chi connectivity index (χ4n) is 3.21. The molecule has 2 atom stereocenters. The Morgan fingerprint density at radius 2 is 2.05 bits per heavy atom. The highest BCUT2D eigenvalue weighted by Gasteiger charge is 2.25. The highest BCUT2D eigenvalue weighted by atomic mass is 32.2. The number of carbonyl (C=O) groups excluding carboxylic acids is 1. The van der Waals surface area contributed by atoms with Gasteiger partial charge in [0.25, 0.3) is 0 Å². The molecular formula is C17H24N2O2S. The van der Waals surface area contributed by atoms with E-state index in [0.29, 0.717) is 24.8 Å². The molecule has 2 aliphatic heterocycles. The predicted octanol–water partition coefficient (Wildman–Crippen LogP) is 2.36. The van der Waals surface area contributed by atoms with Crippen LogP contribution in [0.2, 0.25) is 0 Å². The lowest BCUT2D eigenvalue weighted by Crippen LogP contribution is -2.41. The Morgan fingerprint density at radius 3 is 2.82 bits per heavy atom. The highest BCUT2D eigenvalue weighted by Crippen LogP contribution is 2.37. The van der Waals surface area contributed by atoms with E-state index in [0.717, 1.165) is 25.9 Å². The maximum absolute atomic E-state index is 11.7. The molecule has 0 spiro atoms. The summed E-state index contributed by atoms with van der Waals surface area (Å²) in [5.74, 6) is 0.180. The molecule has 0 bridgehead atoms. The number of β-amino-alcohol motifs (C(OH)–C–C–N with tert-alkyl or cyclic N) is 1. The molecular weight excluding hydrogens is 296 g/mol. The molecule has 1 saturated heterocycles. The van der Waals surface area contributed by atoms with E-state index in [4.69, 9.17) is 0 Å². The van der Waals surface area contributed by atoms with E-state index in [-0.39, 0.29) is 5.91 Å². The van der Waals surface area contributed by atoms with Crippen LogP contribution in [0.25, 0.3) is 0 Å². The first-order valence-corrected chi connectivity index (χ1v) is 8.98. The third-order valence-electron chi connectivity index (χ3n) is 4.37. The number of aliphatic hydroxyl groups is 1. The quantitative estimate of drug-likeness (QED) is 0.925. The van der Waals surface area contributed by atoms with Crippen molar-refractivity contribution in [3.63, 3.8) is 0 Å². The van der Waals surface area contributed by atoms with E-state index >= 15 is 0 Å². The molecule has 1 aromatic rings. The molecule has 0 aromatic heterocycles. The summed E-state index contributed by atoms with van der Waals surface area (Å²) in [6.45, 7) is 5.05. The summed E-state index contributed by atoms with van der Waals surface area (Å²) in [5.41, 5.74) is 1.21. The van der Waals surface area contributed by atoms with Gasteiger partial charge in [-0.3, -0.25) is 4.79 Å². The number of fused-ring (bicyclic) bond motifs is 1. The summed E-state index contributed by atoms with van der Waals surface area (Å²) in [4.78, 5) is 17.1. The van der Waals surface area contributed by atoms with Crippen LogP contribution in [-0.2, 0) is 4.79 Å². The summed E-state index contributed by atoms with van der Waals surface area (Å²) in [6, 6.07) is 8.42. The number of para-hydroxylation sites is 1. The number of rotatable bonds is 4. The zero-order chi connectivity index (χ0) is 15.5. The number of amides is 1. The Balaban J connectivity index is 1.67. The molecule has 2 aliphatic rings. The average molecular weight is 320 g/mol. The topological polar surface area (TPSA) is 43.8 Å². The van der Waals surface area contributed by atoms with Crippen molar-refractivity contribution in [2.24, 2.45) is 0 Å². The minimum atomic E-state index is -0.492. The lowest BCUT2D eigenvalue weighted by atomic mass is 10.2. The number of thioether (sulfide) groups is 1. The predicted molar refractivity (Wildman–Crippen MR) is 90.4 cm³/mol. The molecule has 22 heavy (non-hydrogen) atoms. The van der Waals surface area contributed by atoms with Gasteiger partial charge in [0, 0.05) is 42.7 Å². The standard InChI is InChI=1S/C17H24N2O2S/c1-13-8-10-18(15-5-2-3-6-16(15)22-13)11-14(20)12-19-9-4-7-17(19)21/h2-3,5-6,13-14,20H,4,7-12H2,1H3. The van der Waals surface area contributed by atoms with Gasteiger partial charge in [0.05, 0.1) is 11.8 Å². The number of hydrogen-bond acceptors (Lipinski definition) is 4. The Morgan fingerprint density at radius 1 is 1.27 bits per heavy atom. The second-order valence-corrected chi connectivity index (χ2v) is 7.71. The van der Waals surface area contributed by atoms with E-state index in [1.54, 1.807) is 4.90 Å². The highest BCUT2D eigenvalue weighted by molar-refractivity contribution is 8.00. The second-order valence-electron chi connectivity index (χ2n) is 6.23. The summed E-state index contributed by atoms with van der Waals surface area (Å²) in [5, 5.41) is 11.0. The zero-order valence-corrected chi connectivity index (χ0v) is 13.9. The van der Waals surface area contributed by atoms with Crippen molar-refractivity contribution in [2.75, 3.05) is 31.1 Å². The zero-order valence-electron chi connectivity index (χ0n) is 13.1. The van der Waals surface area contributed by atoms with Crippen molar-refractivity contribution in [2.45, 2.75) is 42.4 Å². The summed E-state index contributed by atoms with van der Waals surface area (Å²) in [6.07, 6.45) is 2.17. The van der Waals surface area contributed by atoms with Crippen LogP contribution in [0.1, 0.15) is 26.2 Å². The summed E-state index contributed by atoms with van der Waals surface area (Å²) >= 11 is 1.91. The summed E-state index contributed by atoms with van der Waals surface area (Å²) < 4.78 is 0. The number of aliphatic hydroxyl groups excluding tert-OH is 1. The summed E-state index contributed by atoms with van der Waals surface area (Å²) in [7, 11) is 0. The van der Waals surface area contributed by atoms with E-state index in [1.165, 1.54) is 10.6 Å². The Kier molecular flexibility index (Phi) is 4.93. The van der Waals surface area contributed by atoms with Crippen LogP contribution in [0.3, 0.4) is 0 Å². The van der Waals surface area contributed by atoms with Crippen LogP contribution in [-0.4, -0.2) is 53.4 Å². The van der Waals surface area contributed by atoms with Gasteiger partial charge in [0.15, 0.2) is 0 Å². The first kappa shape index (κ1) is 15.7. The Labute approximate surface area is 136 Å². The normalized spacial score (nSPS) is 23.4. The van der Waals surface area contributed by atoms with Gasteiger partial charge >= 0.3 is 0 Å². The fraction of sp³-hybridized carbons (Fsp3) is 0.588. The van der Waals surface area contributed by atoms with E-state index < -0.39 is 6.10 Å². The Hall–Kier alpha value is -1.20. The maximum Gasteiger partial charge on any atom is 0.222 e. The van der Waals surface area contributed by atoms with Crippen LogP contribution >= 0.6 is 11.8 Å². The van der Waals surface area contributed by atoms with Gasteiger partial charge in [-0.05, 0) is 25.0 Å². The number of likely N-dealkylation sites (tertiary alicyclic amines) is 1. The lowest BCUT2D eigenvalue weighted by Gasteiger charge is -2.29. The number of nitrogens with zero attached hydrogens (tertiary/aromatic N) is 2. The van der Waals surface area contributed by atoms with Crippen molar-refractivity contribution in [3.8, 4) is 0 Å². The molecule has 1 amide bonds. The van der Waals surface area contributed by atoms with Crippen molar-refractivity contribution < 1.29 is 9.90 Å². The van der Waals surface area contributed by atoms with Crippen LogP contribution < -0.4 is 4.90 Å². The molecule has 120 valence electrons. The van der Waals surface area contributed by atoms with Gasteiger partial charge in [-0.2, -0.15) is 0 Å². The van der Waals surface area contributed by atoms with Gasteiger partial charge < -0.3 is 14.9 Å². The van der Waals surface area contributed by atoms with Crippen LogP contribution in [0, 0.1) is 0 Å². The maximum atomic E-state index is 11.7. The average Bonchev–Trinajstić information content (AvgIpc) is 2.81. The van der Waals surface area contributed by atoms with Crippen LogP contribution in [0.4, 0.5) is 5.69 Å². The first-order chi connectivity index (χ1) is 10.6. The largest absolute Gasteiger partial charge is 0.389 e. The monoisotopic (exact) mass is 320 g/mol. The van der Waals surface area contributed by atoms with Crippen molar-refractivity contribution >= 4 is 23.4 Å². The van der Waals surface area contributed by atoms with Gasteiger partial charge in [0.1, 0.15) is 0 Å². The molecule has 3 rings (SSSR count). The molecule has 0 saturated carbocycles. The molecule has 0 aliphatic carbocycles. The van der Waals surface area contributed by atoms with Crippen molar-refractivity contribution in [1.82, 2.24) is 4.90 Å². The second kappa shape index (κ2) is 6.92. The molecule has 5 heteroatoms. The molecule has 1 aromatic carbocycles. The molecule has 4 nitrogen and oxygen atoms in total.